The Hall–Kier alpha value is -1.33. The van der Waals surface area contributed by atoms with Crippen LogP contribution in [0.25, 0.3) is 0 Å². The quantitative estimate of drug-likeness (QED) is 0.925. The van der Waals surface area contributed by atoms with Crippen molar-refractivity contribution in [2.75, 3.05) is 12.3 Å². The number of amides is 1. The van der Waals surface area contributed by atoms with Crippen molar-refractivity contribution in [1.29, 1.82) is 0 Å². The number of nitrogens with one attached hydrogen (secondary N) is 1. The van der Waals surface area contributed by atoms with E-state index in [9.17, 15) is 13.2 Å². The summed E-state index contributed by atoms with van der Waals surface area (Å²) < 4.78 is 24.7. The molecule has 0 atom stereocenters. The largest absolute Gasteiger partial charge is 0.349 e. The molecule has 0 aromatic heterocycles. The lowest BCUT2D eigenvalue weighted by Gasteiger charge is -2.10. The van der Waals surface area contributed by atoms with E-state index in [1.165, 1.54) is 6.08 Å². The molecule has 2 rings (SSSR count). The Morgan fingerprint density at radius 3 is 2.53 bits per heavy atom. The fourth-order valence-electron chi connectivity index (χ4n) is 1.99. The summed E-state index contributed by atoms with van der Waals surface area (Å²) in [6.45, 7) is 3.77. The van der Waals surface area contributed by atoms with Crippen LogP contribution in [0.15, 0.2) is 28.7 Å². The summed E-state index contributed by atoms with van der Waals surface area (Å²) in [6.07, 6.45) is 1.34. The summed E-state index contributed by atoms with van der Waals surface area (Å²) in [5.74, 6) is -0.387. The van der Waals surface area contributed by atoms with Crippen molar-refractivity contribution in [1.82, 2.24) is 5.32 Å². The highest BCUT2D eigenvalue weighted by molar-refractivity contribution is 7.91. The van der Waals surface area contributed by atoms with E-state index in [-0.39, 0.29) is 16.6 Å². The number of hydrogen-bond acceptors (Lipinski definition) is 3. The Bertz CT molecular complexity index is 677. The van der Waals surface area contributed by atoms with Crippen LogP contribution in [-0.4, -0.2) is 26.6 Å². The second-order valence-electron chi connectivity index (χ2n) is 4.65. The van der Waals surface area contributed by atoms with Gasteiger partial charge in [-0.3, -0.25) is 4.79 Å². The molecule has 1 amide bonds. The summed E-state index contributed by atoms with van der Waals surface area (Å²) in [4.78, 5) is 11.3. The topological polar surface area (TPSA) is 63.2 Å². The minimum absolute atomic E-state index is 0.145. The maximum absolute atomic E-state index is 12.4. The minimum atomic E-state index is -3.46. The van der Waals surface area contributed by atoms with Crippen LogP contribution < -0.4 is 5.32 Å². The average molecular weight is 300 g/mol. The number of carbonyl (C=O) groups is 1. The van der Waals surface area contributed by atoms with Crippen LogP contribution >= 0.6 is 11.6 Å². The molecule has 1 aliphatic heterocycles. The molecule has 19 heavy (non-hydrogen) atoms. The maximum atomic E-state index is 12.4. The van der Waals surface area contributed by atoms with Gasteiger partial charge in [-0.1, -0.05) is 11.6 Å². The third kappa shape index (κ3) is 2.98. The van der Waals surface area contributed by atoms with Crippen molar-refractivity contribution < 1.29 is 13.2 Å². The predicted octanol–water partition coefficient (Wildman–Crippen LogP) is 1.79. The van der Waals surface area contributed by atoms with Gasteiger partial charge in [0.15, 0.2) is 9.84 Å². The Morgan fingerprint density at radius 2 is 1.95 bits per heavy atom. The Labute approximate surface area is 117 Å². The molecule has 4 nitrogen and oxygen atoms in total. The van der Waals surface area contributed by atoms with E-state index in [2.05, 4.69) is 5.32 Å². The van der Waals surface area contributed by atoms with E-state index in [4.69, 9.17) is 11.6 Å². The molecule has 1 N–H and O–H groups in total. The predicted molar refractivity (Wildman–Crippen MR) is 74.1 cm³/mol. The molecule has 1 aromatic rings. The van der Waals surface area contributed by atoms with Gasteiger partial charge in [0.05, 0.1) is 10.6 Å². The van der Waals surface area contributed by atoms with Crippen LogP contribution in [0.2, 0.25) is 5.02 Å². The molecule has 1 heterocycles. The van der Waals surface area contributed by atoms with Gasteiger partial charge >= 0.3 is 0 Å². The smallest absolute Gasteiger partial charge is 0.244 e. The van der Waals surface area contributed by atoms with Crippen LogP contribution in [0.3, 0.4) is 0 Å². The van der Waals surface area contributed by atoms with Gasteiger partial charge in [-0.2, -0.15) is 0 Å². The molecule has 0 saturated heterocycles. The third-order valence-electron chi connectivity index (χ3n) is 2.99. The number of rotatable bonds is 3. The fourth-order valence-corrected chi connectivity index (χ4v) is 3.95. The Kier molecular flexibility index (Phi) is 3.69. The van der Waals surface area contributed by atoms with Gasteiger partial charge in [-0.25, -0.2) is 8.42 Å². The van der Waals surface area contributed by atoms with Gasteiger partial charge in [-0.05, 0) is 42.7 Å². The minimum Gasteiger partial charge on any atom is -0.349 e. The number of halogens is 1. The van der Waals surface area contributed by atoms with Crippen molar-refractivity contribution in [2.45, 2.75) is 18.7 Å². The highest BCUT2D eigenvalue weighted by Gasteiger charge is 2.22. The fraction of sp³-hybridized carbons (Fsp3) is 0.308. The average Bonchev–Trinajstić information content (AvgIpc) is 2.68. The zero-order valence-electron chi connectivity index (χ0n) is 10.7. The van der Waals surface area contributed by atoms with Crippen LogP contribution in [0, 0.1) is 13.8 Å². The second kappa shape index (κ2) is 4.98. The molecule has 0 radical (unpaired) electrons. The first-order chi connectivity index (χ1) is 8.79. The Balaban J connectivity index is 2.37. The van der Waals surface area contributed by atoms with E-state index in [0.29, 0.717) is 22.7 Å². The molecule has 0 saturated carbocycles. The lowest BCUT2D eigenvalue weighted by molar-refractivity contribution is -0.115. The first-order valence-electron chi connectivity index (χ1n) is 5.76. The molecule has 0 unspecified atom stereocenters. The summed E-state index contributed by atoms with van der Waals surface area (Å²) in [6, 6.07) is 3.23. The Morgan fingerprint density at radius 1 is 1.26 bits per heavy atom. The summed E-state index contributed by atoms with van der Waals surface area (Å²) >= 11 is 5.96. The van der Waals surface area contributed by atoms with E-state index in [1.54, 1.807) is 26.0 Å². The molecular formula is C13H14ClNO3S. The van der Waals surface area contributed by atoms with Gasteiger partial charge in [-0.15, -0.1) is 0 Å². The SMILES string of the molecule is Cc1cc(S(=O)(=O)CC2=CC(=O)NC2)c(C)cc1Cl. The lowest BCUT2D eigenvalue weighted by Crippen LogP contribution is -2.17. The van der Waals surface area contributed by atoms with Crippen LogP contribution in [0.4, 0.5) is 0 Å². The molecule has 0 aliphatic carbocycles. The molecule has 0 fully saturated rings. The number of carbonyl (C=O) groups excluding carboxylic acids is 1. The third-order valence-corrected chi connectivity index (χ3v) is 5.26. The van der Waals surface area contributed by atoms with Crippen molar-refractivity contribution in [3.05, 3.63) is 39.9 Å². The summed E-state index contributed by atoms with van der Waals surface area (Å²) in [7, 11) is -3.46. The van der Waals surface area contributed by atoms with Gasteiger partial charge < -0.3 is 5.32 Å². The van der Waals surface area contributed by atoms with Gasteiger partial charge in [0.25, 0.3) is 0 Å². The maximum Gasteiger partial charge on any atom is 0.244 e. The van der Waals surface area contributed by atoms with Crippen molar-refractivity contribution in [2.24, 2.45) is 0 Å². The molecule has 6 heteroatoms. The van der Waals surface area contributed by atoms with E-state index in [1.807, 2.05) is 0 Å². The molecule has 1 aromatic carbocycles. The lowest BCUT2D eigenvalue weighted by atomic mass is 10.2. The van der Waals surface area contributed by atoms with Crippen molar-refractivity contribution >= 4 is 27.3 Å². The van der Waals surface area contributed by atoms with Gasteiger partial charge in [0, 0.05) is 17.6 Å². The highest BCUT2D eigenvalue weighted by Crippen LogP contribution is 2.25. The summed E-state index contributed by atoms with van der Waals surface area (Å²) in [5, 5.41) is 3.11. The molecular weight excluding hydrogens is 286 g/mol. The van der Waals surface area contributed by atoms with Gasteiger partial charge in [0.2, 0.25) is 5.91 Å². The normalized spacial score (nSPS) is 15.3. The second-order valence-corrected chi connectivity index (χ2v) is 7.01. The number of aryl methyl sites for hydroxylation is 2. The molecule has 0 bridgehead atoms. The van der Waals surface area contributed by atoms with E-state index >= 15 is 0 Å². The molecule has 0 spiro atoms. The van der Waals surface area contributed by atoms with Gasteiger partial charge in [0.1, 0.15) is 0 Å². The molecule has 102 valence electrons. The van der Waals surface area contributed by atoms with Crippen LogP contribution in [0.5, 0.6) is 0 Å². The van der Waals surface area contributed by atoms with E-state index < -0.39 is 9.84 Å². The number of hydrogen-bond donors (Lipinski definition) is 1. The van der Waals surface area contributed by atoms with Crippen LogP contribution in [-0.2, 0) is 14.6 Å². The highest BCUT2D eigenvalue weighted by atomic mass is 35.5. The van der Waals surface area contributed by atoms with Crippen LogP contribution in [0.1, 0.15) is 11.1 Å². The van der Waals surface area contributed by atoms with Crippen molar-refractivity contribution in [3.8, 4) is 0 Å². The number of benzene rings is 1. The first kappa shape index (κ1) is 14.1. The monoisotopic (exact) mass is 299 g/mol. The van der Waals surface area contributed by atoms with Crippen molar-refractivity contribution in [3.63, 3.8) is 0 Å². The molecule has 1 aliphatic rings. The summed E-state index contributed by atoms with van der Waals surface area (Å²) in [5.41, 5.74) is 1.92. The zero-order valence-corrected chi connectivity index (χ0v) is 12.2. The number of sulfone groups is 1. The standard InChI is InChI=1S/C13H14ClNO3S/c1-8-4-12(9(2)3-11(8)14)19(17,18)7-10-5-13(16)15-6-10/h3-5H,6-7H2,1-2H3,(H,15,16). The first-order valence-corrected chi connectivity index (χ1v) is 7.79. The van der Waals surface area contributed by atoms with E-state index in [0.717, 1.165) is 5.56 Å². The zero-order chi connectivity index (χ0) is 14.2.